The first-order chi connectivity index (χ1) is 9.88. The van der Waals surface area contributed by atoms with E-state index in [1.165, 1.54) is 22.7 Å². The molecule has 0 saturated carbocycles. The molecule has 0 bridgehead atoms. The fraction of sp³-hybridized carbons (Fsp3) is 0.125. The van der Waals surface area contributed by atoms with Gasteiger partial charge in [-0.25, -0.2) is 9.97 Å². The van der Waals surface area contributed by atoms with Crippen LogP contribution in [0.4, 0.5) is 0 Å². The molecule has 0 aliphatic rings. The fourth-order valence-corrected chi connectivity index (χ4v) is 2.45. The summed E-state index contributed by atoms with van der Waals surface area (Å²) in [6, 6.07) is 14.7. The van der Waals surface area contributed by atoms with E-state index in [1.54, 1.807) is 12.4 Å². The lowest BCUT2D eigenvalue weighted by Crippen LogP contribution is -2.29. The summed E-state index contributed by atoms with van der Waals surface area (Å²) >= 11 is 0. The number of hydrogen-bond donors (Lipinski definition) is 2. The first kappa shape index (κ1) is 12.7. The summed E-state index contributed by atoms with van der Waals surface area (Å²) in [4.78, 5) is 8.10. The highest BCUT2D eigenvalue weighted by Gasteiger charge is 2.12. The Hall–Kier alpha value is -2.30. The summed E-state index contributed by atoms with van der Waals surface area (Å²) in [5.41, 5.74) is 5.10. The zero-order chi connectivity index (χ0) is 13.8. The smallest absolute Gasteiger partial charge is 0.115 e. The van der Waals surface area contributed by atoms with Gasteiger partial charge in [0.05, 0.1) is 6.04 Å². The number of benzene rings is 2. The molecule has 1 aromatic heterocycles. The van der Waals surface area contributed by atoms with E-state index in [1.807, 2.05) is 0 Å². The fourth-order valence-electron chi connectivity index (χ4n) is 2.45. The van der Waals surface area contributed by atoms with Crippen LogP contribution in [0.2, 0.25) is 0 Å². The number of rotatable bonds is 4. The lowest BCUT2D eigenvalue weighted by molar-refractivity contribution is 0.549. The van der Waals surface area contributed by atoms with E-state index in [0.29, 0.717) is 0 Å². The van der Waals surface area contributed by atoms with Crippen LogP contribution in [-0.4, -0.2) is 9.97 Å². The number of fused-ring (bicyclic) bond motifs is 1. The molecule has 1 atom stereocenters. The molecular weight excluding hydrogens is 248 g/mol. The van der Waals surface area contributed by atoms with Crippen molar-refractivity contribution in [2.24, 2.45) is 5.84 Å². The van der Waals surface area contributed by atoms with Crippen LogP contribution in [-0.2, 0) is 6.42 Å². The predicted molar refractivity (Wildman–Crippen MR) is 79.7 cm³/mol. The highest BCUT2D eigenvalue weighted by atomic mass is 15.2. The Morgan fingerprint density at radius 2 is 1.75 bits per heavy atom. The molecule has 100 valence electrons. The van der Waals surface area contributed by atoms with Gasteiger partial charge in [-0.2, -0.15) is 0 Å². The Balaban J connectivity index is 1.96. The van der Waals surface area contributed by atoms with Crippen LogP contribution in [0, 0.1) is 0 Å². The first-order valence-corrected chi connectivity index (χ1v) is 6.56. The van der Waals surface area contributed by atoms with E-state index in [9.17, 15) is 0 Å². The van der Waals surface area contributed by atoms with Crippen molar-refractivity contribution < 1.29 is 0 Å². The molecule has 4 heteroatoms. The van der Waals surface area contributed by atoms with Gasteiger partial charge in [0.1, 0.15) is 6.33 Å². The monoisotopic (exact) mass is 264 g/mol. The average Bonchev–Trinajstić information content (AvgIpc) is 2.53. The summed E-state index contributed by atoms with van der Waals surface area (Å²) in [7, 11) is 0. The van der Waals surface area contributed by atoms with Crippen molar-refractivity contribution in [3.05, 3.63) is 72.3 Å². The Morgan fingerprint density at radius 3 is 2.55 bits per heavy atom. The van der Waals surface area contributed by atoms with Gasteiger partial charge in [-0.15, -0.1) is 0 Å². The molecule has 0 amide bonds. The van der Waals surface area contributed by atoms with Crippen LogP contribution < -0.4 is 11.3 Å². The van der Waals surface area contributed by atoms with Crippen molar-refractivity contribution in [3.8, 4) is 0 Å². The number of hydrazine groups is 1. The number of aromatic nitrogens is 2. The molecule has 2 aromatic carbocycles. The average molecular weight is 264 g/mol. The summed E-state index contributed by atoms with van der Waals surface area (Å²) in [5, 5.41) is 2.50. The molecule has 0 aliphatic carbocycles. The maximum absolute atomic E-state index is 5.69. The van der Waals surface area contributed by atoms with Crippen molar-refractivity contribution in [2.45, 2.75) is 12.5 Å². The molecule has 0 radical (unpaired) electrons. The first-order valence-electron chi connectivity index (χ1n) is 6.56. The Labute approximate surface area is 117 Å². The molecule has 0 fully saturated rings. The van der Waals surface area contributed by atoms with Gasteiger partial charge >= 0.3 is 0 Å². The van der Waals surface area contributed by atoms with Crippen molar-refractivity contribution in [1.29, 1.82) is 0 Å². The maximum atomic E-state index is 5.69. The minimum atomic E-state index is 0.00186. The van der Waals surface area contributed by atoms with Gasteiger partial charge in [-0.1, -0.05) is 42.5 Å². The molecule has 3 N–H and O–H groups in total. The third-order valence-electron chi connectivity index (χ3n) is 3.49. The van der Waals surface area contributed by atoms with Gasteiger partial charge < -0.3 is 0 Å². The Bertz CT molecular complexity index is 692. The number of hydrogen-bond acceptors (Lipinski definition) is 4. The molecule has 0 spiro atoms. The highest BCUT2D eigenvalue weighted by molar-refractivity contribution is 5.85. The highest BCUT2D eigenvalue weighted by Crippen LogP contribution is 2.23. The van der Waals surface area contributed by atoms with Gasteiger partial charge in [-0.3, -0.25) is 11.3 Å². The zero-order valence-corrected chi connectivity index (χ0v) is 11.0. The second-order valence-electron chi connectivity index (χ2n) is 4.73. The van der Waals surface area contributed by atoms with Crippen molar-refractivity contribution in [3.63, 3.8) is 0 Å². The van der Waals surface area contributed by atoms with Crippen LogP contribution in [0.3, 0.4) is 0 Å². The molecule has 20 heavy (non-hydrogen) atoms. The van der Waals surface area contributed by atoms with Crippen LogP contribution >= 0.6 is 0 Å². The SMILES string of the molecule is NNC(Cc1cccc2ccccc12)c1cncnc1. The van der Waals surface area contributed by atoms with Gasteiger partial charge in [0.2, 0.25) is 0 Å². The molecule has 3 rings (SSSR count). The van der Waals surface area contributed by atoms with Gasteiger partial charge in [0.15, 0.2) is 0 Å². The van der Waals surface area contributed by atoms with E-state index in [4.69, 9.17) is 5.84 Å². The van der Waals surface area contributed by atoms with Gasteiger partial charge in [-0.05, 0) is 22.8 Å². The summed E-state index contributed by atoms with van der Waals surface area (Å²) in [6.07, 6.45) is 5.91. The van der Waals surface area contributed by atoms with Gasteiger partial charge in [0, 0.05) is 18.0 Å². The Kier molecular flexibility index (Phi) is 3.67. The summed E-state index contributed by atoms with van der Waals surface area (Å²) < 4.78 is 0. The third kappa shape index (κ3) is 2.52. The zero-order valence-electron chi connectivity index (χ0n) is 11.0. The van der Waals surface area contributed by atoms with Crippen LogP contribution in [0.25, 0.3) is 10.8 Å². The molecule has 1 heterocycles. The maximum Gasteiger partial charge on any atom is 0.115 e. The van der Waals surface area contributed by atoms with Crippen molar-refractivity contribution in [1.82, 2.24) is 15.4 Å². The second-order valence-corrected chi connectivity index (χ2v) is 4.73. The molecule has 0 saturated heterocycles. The van der Waals surface area contributed by atoms with E-state index in [-0.39, 0.29) is 6.04 Å². The lowest BCUT2D eigenvalue weighted by atomic mass is 9.96. The number of nitrogens with two attached hydrogens (primary N) is 1. The number of nitrogens with one attached hydrogen (secondary N) is 1. The van der Waals surface area contributed by atoms with Crippen molar-refractivity contribution in [2.75, 3.05) is 0 Å². The van der Waals surface area contributed by atoms with E-state index < -0.39 is 0 Å². The van der Waals surface area contributed by atoms with E-state index in [0.717, 1.165) is 12.0 Å². The molecule has 1 unspecified atom stereocenters. The lowest BCUT2D eigenvalue weighted by Gasteiger charge is -2.16. The molecule has 3 aromatic rings. The number of nitrogens with zero attached hydrogens (tertiary/aromatic N) is 2. The molecular formula is C16H16N4. The van der Waals surface area contributed by atoms with Crippen LogP contribution in [0.5, 0.6) is 0 Å². The van der Waals surface area contributed by atoms with Crippen LogP contribution in [0.1, 0.15) is 17.2 Å². The van der Waals surface area contributed by atoms with E-state index in [2.05, 4.69) is 57.9 Å². The quantitative estimate of drug-likeness (QED) is 0.561. The Morgan fingerprint density at radius 1 is 1.00 bits per heavy atom. The standard InChI is InChI=1S/C16H16N4/c17-20-16(14-9-18-11-19-10-14)8-13-6-3-5-12-4-1-2-7-15(12)13/h1-7,9-11,16,20H,8,17H2. The molecule has 0 aliphatic heterocycles. The minimum Gasteiger partial charge on any atom is -0.271 e. The predicted octanol–water partition coefficient (Wildman–Crippen LogP) is 2.38. The summed E-state index contributed by atoms with van der Waals surface area (Å²) in [5.74, 6) is 5.69. The topological polar surface area (TPSA) is 63.8 Å². The second kappa shape index (κ2) is 5.77. The van der Waals surface area contributed by atoms with Crippen molar-refractivity contribution >= 4 is 10.8 Å². The molecule has 4 nitrogen and oxygen atoms in total. The largest absolute Gasteiger partial charge is 0.271 e. The minimum absolute atomic E-state index is 0.00186. The third-order valence-corrected chi connectivity index (χ3v) is 3.49. The van der Waals surface area contributed by atoms with Gasteiger partial charge in [0.25, 0.3) is 0 Å². The van der Waals surface area contributed by atoms with Crippen LogP contribution in [0.15, 0.2) is 61.2 Å². The summed E-state index contributed by atoms with van der Waals surface area (Å²) in [6.45, 7) is 0. The normalized spacial score (nSPS) is 12.4. The van der Waals surface area contributed by atoms with E-state index >= 15 is 0 Å².